The Kier molecular flexibility index (Phi) is 3.74. The third-order valence-corrected chi connectivity index (χ3v) is 5.46. The predicted molar refractivity (Wildman–Crippen MR) is 85.0 cm³/mol. The molecule has 3 rings (SSSR count). The van der Waals surface area contributed by atoms with Crippen LogP contribution in [0.4, 0.5) is 0 Å². The van der Waals surface area contributed by atoms with Crippen LogP contribution < -0.4 is 4.74 Å². The van der Waals surface area contributed by atoms with Gasteiger partial charge in [0.2, 0.25) is 0 Å². The van der Waals surface area contributed by atoms with Crippen LogP contribution in [-0.2, 0) is 11.8 Å². The normalized spacial score (nSPS) is 27.1. The van der Waals surface area contributed by atoms with Crippen LogP contribution in [-0.4, -0.2) is 43.4 Å². The summed E-state index contributed by atoms with van der Waals surface area (Å²) < 4.78 is 5.62. The highest BCUT2D eigenvalue weighted by molar-refractivity contribution is 5.56. The van der Waals surface area contributed by atoms with Gasteiger partial charge in [-0.25, -0.2) is 0 Å². The number of ether oxygens (including phenoxy) is 1. The highest BCUT2D eigenvalue weighted by Gasteiger charge is 2.58. The summed E-state index contributed by atoms with van der Waals surface area (Å²) in [5.41, 5.74) is 1.84. The van der Waals surface area contributed by atoms with Crippen LogP contribution in [0.2, 0.25) is 0 Å². The molecule has 1 atom stereocenters. The Hall–Kier alpha value is -1.06. The second-order valence-electron chi connectivity index (χ2n) is 7.08. The molecule has 0 heterocycles. The zero-order chi connectivity index (χ0) is 15.1. The van der Waals surface area contributed by atoms with Gasteiger partial charge in [-0.05, 0) is 45.0 Å². The standard InChI is InChI=1S/C18H27NO2/c1-19(2)13-17(18(20)10-5-4-6-11-18)12-14-8-7-9-15(21-3)16(14)17/h7-9,20H,4-6,10-13H2,1-3H3. The van der Waals surface area contributed by atoms with Crippen molar-refractivity contribution in [3.8, 4) is 5.75 Å². The fourth-order valence-corrected chi connectivity index (χ4v) is 4.58. The zero-order valence-corrected chi connectivity index (χ0v) is 13.5. The minimum Gasteiger partial charge on any atom is -0.496 e. The predicted octanol–water partition coefficient (Wildman–Crippen LogP) is 2.75. The maximum atomic E-state index is 11.5. The molecular weight excluding hydrogens is 262 g/mol. The first-order valence-electron chi connectivity index (χ1n) is 8.06. The first-order valence-corrected chi connectivity index (χ1v) is 8.06. The fourth-order valence-electron chi connectivity index (χ4n) is 4.58. The molecule has 21 heavy (non-hydrogen) atoms. The topological polar surface area (TPSA) is 32.7 Å². The summed E-state index contributed by atoms with van der Waals surface area (Å²) in [4.78, 5) is 2.21. The van der Waals surface area contributed by atoms with E-state index in [4.69, 9.17) is 4.74 Å². The van der Waals surface area contributed by atoms with E-state index >= 15 is 0 Å². The molecule has 0 aliphatic heterocycles. The van der Waals surface area contributed by atoms with Crippen LogP contribution in [0, 0.1) is 0 Å². The molecular formula is C18H27NO2. The summed E-state index contributed by atoms with van der Waals surface area (Å²) in [5.74, 6) is 0.944. The first-order chi connectivity index (χ1) is 10.0. The summed E-state index contributed by atoms with van der Waals surface area (Å²) in [6.07, 6.45) is 6.32. The molecule has 1 N–H and O–H groups in total. The van der Waals surface area contributed by atoms with Gasteiger partial charge in [-0.3, -0.25) is 0 Å². The van der Waals surface area contributed by atoms with Gasteiger partial charge in [-0.2, -0.15) is 0 Å². The van der Waals surface area contributed by atoms with E-state index in [1.807, 2.05) is 6.07 Å². The number of fused-ring (bicyclic) bond motifs is 1. The number of rotatable bonds is 4. The average Bonchev–Trinajstić information content (AvgIpc) is 2.44. The van der Waals surface area contributed by atoms with E-state index in [0.29, 0.717) is 0 Å². The van der Waals surface area contributed by atoms with Gasteiger partial charge in [0, 0.05) is 17.5 Å². The minimum atomic E-state index is -0.586. The van der Waals surface area contributed by atoms with E-state index < -0.39 is 5.60 Å². The summed E-state index contributed by atoms with van der Waals surface area (Å²) in [7, 11) is 5.93. The van der Waals surface area contributed by atoms with Crippen molar-refractivity contribution in [2.75, 3.05) is 27.7 Å². The van der Waals surface area contributed by atoms with Gasteiger partial charge in [-0.15, -0.1) is 0 Å². The van der Waals surface area contributed by atoms with Gasteiger partial charge in [0.1, 0.15) is 5.75 Å². The molecule has 0 aromatic heterocycles. The molecule has 2 aliphatic rings. The Bertz CT molecular complexity index is 520. The fraction of sp³-hybridized carbons (Fsp3) is 0.667. The number of hydrogen-bond acceptors (Lipinski definition) is 3. The van der Waals surface area contributed by atoms with Crippen LogP contribution in [0.3, 0.4) is 0 Å². The Morgan fingerprint density at radius 3 is 2.52 bits per heavy atom. The number of nitrogens with zero attached hydrogens (tertiary/aromatic N) is 1. The lowest BCUT2D eigenvalue weighted by molar-refractivity contribution is -0.0877. The molecule has 0 bridgehead atoms. The van der Waals surface area contributed by atoms with Gasteiger partial charge >= 0.3 is 0 Å². The molecule has 0 saturated heterocycles. The Morgan fingerprint density at radius 2 is 1.90 bits per heavy atom. The third-order valence-electron chi connectivity index (χ3n) is 5.46. The number of benzene rings is 1. The molecule has 1 aromatic rings. The van der Waals surface area contributed by atoms with Crippen molar-refractivity contribution in [3.05, 3.63) is 29.3 Å². The molecule has 0 amide bonds. The minimum absolute atomic E-state index is 0.168. The average molecular weight is 289 g/mol. The second-order valence-corrected chi connectivity index (χ2v) is 7.08. The second kappa shape index (κ2) is 5.29. The summed E-state index contributed by atoms with van der Waals surface area (Å²) in [6.45, 7) is 0.886. The Morgan fingerprint density at radius 1 is 1.19 bits per heavy atom. The van der Waals surface area contributed by atoms with Crippen LogP contribution in [0.25, 0.3) is 0 Å². The summed E-state index contributed by atoms with van der Waals surface area (Å²) >= 11 is 0. The summed E-state index contributed by atoms with van der Waals surface area (Å²) in [6, 6.07) is 6.27. The van der Waals surface area contributed by atoms with E-state index in [1.165, 1.54) is 17.5 Å². The molecule has 116 valence electrons. The quantitative estimate of drug-likeness (QED) is 0.925. The largest absolute Gasteiger partial charge is 0.496 e. The molecule has 0 radical (unpaired) electrons. The monoisotopic (exact) mass is 289 g/mol. The molecule has 2 aliphatic carbocycles. The maximum Gasteiger partial charge on any atom is 0.123 e. The van der Waals surface area contributed by atoms with Crippen LogP contribution >= 0.6 is 0 Å². The lowest BCUT2D eigenvalue weighted by atomic mass is 9.51. The smallest absolute Gasteiger partial charge is 0.123 e. The van der Waals surface area contributed by atoms with Gasteiger partial charge in [0.05, 0.1) is 12.7 Å². The van der Waals surface area contributed by atoms with E-state index in [2.05, 4.69) is 31.1 Å². The van der Waals surface area contributed by atoms with Gasteiger partial charge in [0.25, 0.3) is 0 Å². The van der Waals surface area contributed by atoms with Crippen LogP contribution in [0.1, 0.15) is 43.2 Å². The van der Waals surface area contributed by atoms with Crippen molar-refractivity contribution in [2.24, 2.45) is 0 Å². The van der Waals surface area contributed by atoms with E-state index in [0.717, 1.165) is 44.4 Å². The molecule has 1 unspecified atom stereocenters. The SMILES string of the molecule is COc1cccc2c1C(CN(C)C)(C1(O)CCCCC1)C2. The van der Waals surface area contributed by atoms with Crippen molar-refractivity contribution >= 4 is 0 Å². The number of methoxy groups -OCH3 is 1. The number of likely N-dealkylation sites (N-methyl/N-ethyl adjacent to an activating group) is 1. The highest BCUT2D eigenvalue weighted by Crippen LogP contribution is 2.56. The van der Waals surface area contributed by atoms with Gasteiger partial charge in [0.15, 0.2) is 0 Å². The van der Waals surface area contributed by atoms with Crippen molar-refractivity contribution in [2.45, 2.75) is 49.5 Å². The lowest BCUT2D eigenvalue weighted by Gasteiger charge is -2.57. The molecule has 3 nitrogen and oxygen atoms in total. The molecule has 1 aromatic carbocycles. The Labute approximate surface area is 127 Å². The highest BCUT2D eigenvalue weighted by atomic mass is 16.5. The molecule has 1 fully saturated rings. The van der Waals surface area contributed by atoms with Crippen molar-refractivity contribution in [3.63, 3.8) is 0 Å². The Balaban J connectivity index is 2.07. The zero-order valence-electron chi connectivity index (χ0n) is 13.5. The van der Waals surface area contributed by atoms with Crippen LogP contribution in [0.5, 0.6) is 5.75 Å². The maximum absolute atomic E-state index is 11.5. The van der Waals surface area contributed by atoms with Crippen molar-refractivity contribution < 1.29 is 9.84 Å². The van der Waals surface area contributed by atoms with Gasteiger partial charge in [-0.1, -0.05) is 31.4 Å². The summed E-state index contributed by atoms with van der Waals surface area (Å²) in [5, 5.41) is 11.5. The third kappa shape index (κ3) is 2.18. The van der Waals surface area contributed by atoms with E-state index in [9.17, 15) is 5.11 Å². The first kappa shape index (κ1) is 14.9. The van der Waals surface area contributed by atoms with Crippen LogP contribution in [0.15, 0.2) is 18.2 Å². The van der Waals surface area contributed by atoms with E-state index in [1.54, 1.807) is 7.11 Å². The molecule has 1 saturated carbocycles. The molecule has 3 heteroatoms. The number of aliphatic hydroxyl groups is 1. The lowest BCUT2D eigenvalue weighted by Crippen LogP contribution is -2.63. The number of hydrogen-bond donors (Lipinski definition) is 1. The molecule has 0 spiro atoms. The van der Waals surface area contributed by atoms with Gasteiger partial charge < -0.3 is 14.7 Å². The van der Waals surface area contributed by atoms with E-state index in [-0.39, 0.29) is 5.41 Å². The van der Waals surface area contributed by atoms with Crippen molar-refractivity contribution in [1.29, 1.82) is 0 Å². The van der Waals surface area contributed by atoms with Crippen molar-refractivity contribution in [1.82, 2.24) is 4.90 Å².